The molecule has 132 valence electrons. The van der Waals surface area contributed by atoms with E-state index in [1.807, 2.05) is 37.3 Å². The van der Waals surface area contributed by atoms with Gasteiger partial charge >= 0.3 is 5.97 Å². The van der Waals surface area contributed by atoms with Crippen molar-refractivity contribution in [3.63, 3.8) is 0 Å². The van der Waals surface area contributed by atoms with Crippen molar-refractivity contribution in [3.8, 4) is 0 Å². The fourth-order valence-electron chi connectivity index (χ4n) is 3.01. The molecule has 0 aromatic heterocycles. The topological polar surface area (TPSA) is 63.7 Å². The lowest BCUT2D eigenvalue weighted by atomic mass is 9.83. The highest BCUT2D eigenvalue weighted by molar-refractivity contribution is 6.20. The number of rotatable bonds is 7. The summed E-state index contributed by atoms with van der Waals surface area (Å²) in [7, 11) is 1.27. The van der Waals surface area contributed by atoms with Crippen LogP contribution in [0.2, 0.25) is 0 Å². The number of unbranched alkanes of at least 4 members (excludes halogenated alkanes) is 1. The minimum absolute atomic E-state index is 0.140. The molecule has 0 saturated carbocycles. The van der Waals surface area contributed by atoms with E-state index < -0.39 is 11.9 Å². The molecule has 1 aromatic carbocycles. The van der Waals surface area contributed by atoms with Crippen molar-refractivity contribution in [2.24, 2.45) is 0 Å². The number of ether oxygens (including phenoxy) is 1. The number of imide groups is 1. The van der Waals surface area contributed by atoms with Gasteiger partial charge < -0.3 is 4.74 Å². The van der Waals surface area contributed by atoms with Crippen LogP contribution in [0.25, 0.3) is 0 Å². The Morgan fingerprint density at radius 1 is 1.20 bits per heavy atom. The van der Waals surface area contributed by atoms with E-state index in [1.54, 1.807) is 6.92 Å². The molecule has 1 aromatic rings. The first-order valence-electron chi connectivity index (χ1n) is 8.33. The van der Waals surface area contributed by atoms with E-state index >= 15 is 0 Å². The summed E-state index contributed by atoms with van der Waals surface area (Å²) in [5.74, 6) is -1.94. The molecule has 0 aliphatic carbocycles. The summed E-state index contributed by atoms with van der Waals surface area (Å²) in [5, 5.41) is 0. The molecular formula is C20H23NO4. The number of hydrogen-bond acceptors (Lipinski definition) is 4. The molecule has 0 spiro atoms. The molecule has 25 heavy (non-hydrogen) atoms. The monoisotopic (exact) mass is 341 g/mol. The van der Waals surface area contributed by atoms with Crippen LogP contribution in [0.15, 0.2) is 53.6 Å². The number of carbonyl (C=O) groups excluding carboxylic acids is 3. The van der Waals surface area contributed by atoms with E-state index in [0.29, 0.717) is 17.7 Å². The molecule has 0 fully saturated rings. The standard InChI is InChI=1S/C20H23NO4/c1-5-6-12-21-18(22)13(2)17(19(21)23)16(14(3)20(24)25-4)15-10-8-7-9-11-15/h7-11,16H,3,5-6,12H2,1-2,4H3/t16-/m0/s1. The average Bonchev–Trinajstić information content (AvgIpc) is 2.84. The first-order chi connectivity index (χ1) is 11.9. The van der Waals surface area contributed by atoms with Crippen molar-refractivity contribution >= 4 is 17.8 Å². The zero-order chi connectivity index (χ0) is 18.6. The molecule has 0 bridgehead atoms. The second-order valence-electron chi connectivity index (χ2n) is 6.01. The summed E-state index contributed by atoms with van der Waals surface area (Å²) in [6, 6.07) is 9.10. The Balaban J connectivity index is 2.50. The zero-order valence-electron chi connectivity index (χ0n) is 14.9. The molecular weight excluding hydrogens is 318 g/mol. The van der Waals surface area contributed by atoms with Gasteiger partial charge in [-0.15, -0.1) is 0 Å². The summed E-state index contributed by atoms with van der Waals surface area (Å²) >= 11 is 0. The number of carbonyl (C=O) groups is 3. The van der Waals surface area contributed by atoms with Crippen molar-refractivity contribution < 1.29 is 19.1 Å². The van der Waals surface area contributed by atoms with E-state index in [1.165, 1.54) is 12.0 Å². The third kappa shape index (κ3) is 3.55. The van der Waals surface area contributed by atoms with Gasteiger partial charge in [0.1, 0.15) is 0 Å². The Labute approximate surface area is 148 Å². The van der Waals surface area contributed by atoms with Crippen LogP contribution in [0.3, 0.4) is 0 Å². The number of hydrogen-bond donors (Lipinski definition) is 0. The minimum Gasteiger partial charge on any atom is -0.466 e. The summed E-state index contributed by atoms with van der Waals surface area (Å²) in [4.78, 5) is 38.8. The van der Waals surface area contributed by atoms with Gasteiger partial charge in [0.05, 0.1) is 7.11 Å². The lowest BCUT2D eigenvalue weighted by Crippen LogP contribution is -2.33. The lowest BCUT2D eigenvalue weighted by molar-refractivity contribution is -0.137. The van der Waals surface area contributed by atoms with Gasteiger partial charge in [-0.05, 0) is 18.9 Å². The van der Waals surface area contributed by atoms with Gasteiger partial charge in [0, 0.05) is 29.2 Å². The van der Waals surface area contributed by atoms with Crippen molar-refractivity contribution in [2.75, 3.05) is 13.7 Å². The third-order valence-corrected chi connectivity index (χ3v) is 4.40. The number of nitrogens with zero attached hydrogens (tertiary/aromatic N) is 1. The highest BCUT2D eigenvalue weighted by Gasteiger charge is 2.41. The van der Waals surface area contributed by atoms with Crippen LogP contribution in [0.1, 0.15) is 38.2 Å². The quantitative estimate of drug-likeness (QED) is 0.434. The van der Waals surface area contributed by atoms with E-state index in [-0.39, 0.29) is 17.4 Å². The van der Waals surface area contributed by atoms with Crippen LogP contribution < -0.4 is 0 Å². The second-order valence-corrected chi connectivity index (χ2v) is 6.01. The predicted octanol–water partition coefficient (Wildman–Crippen LogP) is 2.98. The van der Waals surface area contributed by atoms with Crippen molar-refractivity contribution in [1.29, 1.82) is 0 Å². The molecule has 1 aliphatic rings. The minimum atomic E-state index is -0.697. The van der Waals surface area contributed by atoms with Crippen LogP contribution in [0, 0.1) is 0 Å². The van der Waals surface area contributed by atoms with Crippen molar-refractivity contribution in [3.05, 3.63) is 59.2 Å². The van der Waals surface area contributed by atoms with E-state index in [9.17, 15) is 14.4 Å². The third-order valence-electron chi connectivity index (χ3n) is 4.40. The van der Waals surface area contributed by atoms with Gasteiger partial charge in [-0.3, -0.25) is 14.5 Å². The number of esters is 1. The van der Waals surface area contributed by atoms with E-state index in [0.717, 1.165) is 18.4 Å². The lowest BCUT2D eigenvalue weighted by Gasteiger charge is -2.21. The molecule has 1 atom stereocenters. The molecule has 2 amide bonds. The first-order valence-corrected chi connectivity index (χ1v) is 8.33. The van der Waals surface area contributed by atoms with E-state index in [4.69, 9.17) is 4.74 Å². The normalized spacial score (nSPS) is 15.6. The summed E-state index contributed by atoms with van der Waals surface area (Å²) in [5.41, 5.74) is 1.54. The van der Waals surface area contributed by atoms with E-state index in [2.05, 4.69) is 6.58 Å². The molecule has 0 saturated heterocycles. The van der Waals surface area contributed by atoms with Crippen LogP contribution in [-0.2, 0) is 19.1 Å². The van der Waals surface area contributed by atoms with Crippen molar-refractivity contribution in [1.82, 2.24) is 4.90 Å². The molecule has 0 radical (unpaired) electrons. The van der Waals surface area contributed by atoms with Gasteiger partial charge in [-0.25, -0.2) is 4.79 Å². The van der Waals surface area contributed by atoms with Gasteiger partial charge in [0.2, 0.25) is 0 Å². The summed E-state index contributed by atoms with van der Waals surface area (Å²) in [6.45, 7) is 7.84. The predicted molar refractivity (Wildman–Crippen MR) is 94.7 cm³/mol. The Hall–Kier alpha value is -2.69. The van der Waals surface area contributed by atoms with Crippen LogP contribution in [-0.4, -0.2) is 36.3 Å². The molecule has 5 nitrogen and oxygen atoms in total. The fourth-order valence-corrected chi connectivity index (χ4v) is 3.01. The van der Waals surface area contributed by atoms with Gasteiger partial charge in [0.25, 0.3) is 11.8 Å². The summed E-state index contributed by atoms with van der Waals surface area (Å²) < 4.78 is 4.79. The molecule has 2 rings (SSSR count). The smallest absolute Gasteiger partial charge is 0.334 e. The molecule has 1 aliphatic heterocycles. The van der Waals surface area contributed by atoms with Gasteiger partial charge in [-0.2, -0.15) is 0 Å². The van der Waals surface area contributed by atoms with Crippen LogP contribution in [0.5, 0.6) is 0 Å². The second kappa shape index (κ2) is 7.92. The van der Waals surface area contributed by atoms with Crippen LogP contribution in [0.4, 0.5) is 0 Å². The van der Waals surface area contributed by atoms with Gasteiger partial charge in [0.15, 0.2) is 0 Å². The zero-order valence-corrected chi connectivity index (χ0v) is 14.9. The molecule has 5 heteroatoms. The maximum Gasteiger partial charge on any atom is 0.334 e. The number of methoxy groups -OCH3 is 1. The highest BCUT2D eigenvalue weighted by atomic mass is 16.5. The molecule has 0 N–H and O–H groups in total. The SMILES string of the molecule is C=C(C(=O)OC)[C@H](C1=C(C)C(=O)N(CCCC)C1=O)c1ccccc1. The maximum atomic E-state index is 12.9. The Morgan fingerprint density at radius 3 is 2.40 bits per heavy atom. The van der Waals surface area contributed by atoms with Crippen LogP contribution >= 0.6 is 0 Å². The number of amides is 2. The largest absolute Gasteiger partial charge is 0.466 e. The molecule has 1 heterocycles. The van der Waals surface area contributed by atoms with Gasteiger partial charge in [-0.1, -0.05) is 50.3 Å². The van der Waals surface area contributed by atoms with Crippen molar-refractivity contribution in [2.45, 2.75) is 32.6 Å². The highest BCUT2D eigenvalue weighted by Crippen LogP contribution is 2.38. The Bertz CT molecular complexity index is 733. The molecule has 0 unspecified atom stereocenters. The summed E-state index contributed by atoms with van der Waals surface area (Å²) in [6.07, 6.45) is 1.62. The first kappa shape index (κ1) is 18.6. The Morgan fingerprint density at radius 2 is 1.84 bits per heavy atom. The maximum absolute atomic E-state index is 12.9. The fraction of sp³-hybridized carbons (Fsp3) is 0.350. The Kier molecular flexibility index (Phi) is 5.91. The number of benzene rings is 1. The average molecular weight is 341 g/mol.